The van der Waals surface area contributed by atoms with Gasteiger partial charge >= 0.3 is 0 Å². The van der Waals surface area contributed by atoms with Gasteiger partial charge in [0.15, 0.2) is 5.76 Å². The molecule has 0 saturated heterocycles. The van der Waals surface area contributed by atoms with E-state index >= 15 is 0 Å². The summed E-state index contributed by atoms with van der Waals surface area (Å²) in [6, 6.07) is 11.3. The van der Waals surface area contributed by atoms with Gasteiger partial charge in [-0.05, 0) is 11.6 Å². The third kappa shape index (κ3) is 2.37. The van der Waals surface area contributed by atoms with Gasteiger partial charge < -0.3 is 9.73 Å². The SMILES string of the molecule is C#CCNC(=O)c1occc1-c1ccccc1. The number of benzene rings is 1. The second kappa shape index (κ2) is 5.04. The quantitative estimate of drug-likeness (QED) is 0.814. The summed E-state index contributed by atoms with van der Waals surface area (Å²) in [6.07, 6.45) is 6.58. The van der Waals surface area contributed by atoms with Crippen LogP contribution in [0.3, 0.4) is 0 Å². The zero-order valence-electron chi connectivity index (χ0n) is 9.14. The molecular formula is C14H11NO2. The molecule has 0 bridgehead atoms. The number of hydrogen-bond acceptors (Lipinski definition) is 2. The zero-order chi connectivity index (χ0) is 12.1. The lowest BCUT2D eigenvalue weighted by Crippen LogP contribution is -2.23. The van der Waals surface area contributed by atoms with Crippen molar-refractivity contribution in [3.05, 3.63) is 48.4 Å². The largest absolute Gasteiger partial charge is 0.459 e. The van der Waals surface area contributed by atoms with Crippen molar-refractivity contribution in [3.8, 4) is 23.5 Å². The lowest BCUT2D eigenvalue weighted by molar-refractivity contribution is 0.0932. The molecule has 2 rings (SSSR count). The minimum absolute atomic E-state index is 0.188. The van der Waals surface area contributed by atoms with E-state index in [1.165, 1.54) is 6.26 Å². The fourth-order valence-corrected chi connectivity index (χ4v) is 1.54. The first-order valence-corrected chi connectivity index (χ1v) is 5.17. The van der Waals surface area contributed by atoms with Crippen LogP contribution in [-0.2, 0) is 0 Å². The van der Waals surface area contributed by atoms with Gasteiger partial charge in [-0.15, -0.1) is 6.42 Å². The lowest BCUT2D eigenvalue weighted by atomic mass is 10.1. The maximum atomic E-state index is 11.8. The Morgan fingerprint density at radius 3 is 2.76 bits per heavy atom. The Morgan fingerprint density at radius 1 is 1.29 bits per heavy atom. The fraction of sp³-hybridized carbons (Fsp3) is 0.0714. The van der Waals surface area contributed by atoms with Gasteiger partial charge in [-0.1, -0.05) is 36.3 Å². The number of terminal acetylenes is 1. The molecule has 1 aromatic carbocycles. The summed E-state index contributed by atoms with van der Waals surface area (Å²) in [7, 11) is 0. The summed E-state index contributed by atoms with van der Waals surface area (Å²) in [5, 5.41) is 2.58. The van der Waals surface area contributed by atoms with Crippen molar-refractivity contribution in [3.63, 3.8) is 0 Å². The van der Waals surface area contributed by atoms with Crippen molar-refractivity contribution in [2.45, 2.75) is 0 Å². The van der Waals surface area contributed by atoms with Crippen molar-refractivity contribution in [2.24, 2.45) is 0 Å². The van der Waals surface area contributed by atoms with E-state index in [2.05, 4.69) is 11.2 Å². The highest BCUT2D eigenvalue weighted by molar-refractivity contribution is 5.98. The van der Waals surface area contributed by atoms with Crippen LogP contribution >= 0.6 is 0 Å². The second-order valence-electron chi connectivity index (χ2n) is 3.42. The molecule has 0 aliphatic rings. The number of furan rings is 1. The van der Waals surface area contributed by atoms with Gasteiger partial charge in [0, 0.05) is 5.56 Å². The molecule has 0 spiro atoms. The third-order valence-electron chi connectivity index (χ3n) is 2.31. The molecule has 1 aromatic heterocycles. The molecule has 3 nitrogen and oxygen atoms in total. The fourth-order valence-electron chi connectivity index (χ4n) is 1.54. The predicted octanol–water partition coefficient (Wildman–Crippen LogP) is 2.31. The molecule has 84 valence electrons. The van der Waals surface area contributed by atoms with Crippen LogP contribution in [0.5, 0.6) is 0 Å². The first-order chi connectivity index (χ1) is 8.33. The molecule has 1 amide bonds. The van der Waals surface area contributed by atoms with Gasteiger partial charge in [0.2, 0.25) is 0 Å². The van der Waals surface area contributed by atoms with Crippen LogP contribution in [0, 0.1) is 12.3 Å². The number of carbonyl (C=O) groups excluding carboxylic acids is 1. The summed E-state index contributed by atoms with van der Waals surface area (Å²) in [4.78, 5) is 11.8. The minimum Gasteiger partial charge on any atom is -0.459 e. The zero-order valence-corrected chi connectivity index (χ0v) is 9.14. The highest BCUT2D eigenvalue weighted by Gasteiger charge is 2.15. The summed E-state index contributed by atoms with van der Waals surface area (Å²) in [5.41, 5.74) is 1.70. The van der Waals surface area contributed by atoms with E-state index in [1.54, 1.807) is 6.07 Å². The average Bonchev–Trinajstić information content (AvgIpc) is 2.86. The van der Waals surface area contributed by atoms with Gasteiger partial charge in [-0.25, -0.2) is 0 Å². The highest BCUT2D eigenvalue weighted by Crippen LogP contribution is 2.24. The predicted molar refractivity (Wildman–Crippen MR) is 65.3 cm³/mol. The van der Waals surface area contributed by atoms with Crippen LogP contribution in [0.15, 0.2) is 47.1 Å². The van der Waals surface area contributed by atoms with Crippen LogP contribution in [0.2, 0.25) is 0 Å². The normalized spacial score (nSPS) is 9.59. The number of nitrogens with one attached hydrogen (secondary N) is 1. The molecule has 0 unspecified atom stereocenters. The molecule has 3 heteroatoms. The first-order valence-electron chi connectivity index (χ1n) is 5.17. The van der Waals surface area contributed by atoms with Crippen LogP contribution in [-0.4, -0.2) is 12.5 Å². The third-order valence-corrected chi connectivity index (χ3v) is 2.31. The molecule has 0 saturated carbocycles. The average molecular weight is 225 g/mol. The summed E-state index contributed by atoms with van der Waals surface area (Å²) in [5.74, 6) is 2.33. The number of rotatable bonds is 3. The van der Waals surface area contributed by atoms with E-state index in [0.717, 1.165) is 11.1 Å². The van der Waals surface area contributed by atoms with Crippen LogP contribution in [0.25, 0.3) is 11.1 Å². The van der Waals surface area contributed by atoms with Crippen LogP contribution in [0.1, 0.15) is 10.6 Å². The maximum absolute atomic E-state index is 11.8. The Kier molecular flexibility index (Phi) is 3.27. The van der Waals surface area contributed by atoms with Crippen LogP contribution in [0.4, 0.5) is 0 Å². The van der Waals surface area contributed by atoms with E-state index in [4.69, 9.17) is 10.8 Å². The van der Waals surface area contributed by atoms with Gasteiger partial charge in [0.05, 0.1) is 12.8 Å². The Balaban J connectivity index is 2.30. The number of amides is 1. The molecule has 1 heterocycles. The molecule has 0 fully saturated rings. The van der Waals surface area contributed by atoms with Crippen molar-refractivity contribution < 1.29 is 9.21 Å². The monoisotopic (exact) mass is 225 g/mol. The smallest absolute Gasteiger partial charge is 0.288 e. The Morgan fingerprint density at radius 2 is 2.06 bits per heavy atom. The molecule has 0 aliphatic heterocycles. The second-order valence-corrected chi connectivity index (χ2v) is 3.42. The van der Waals surface area contributed by atoms with Crippen molar-refractivity contribution in [1.82, 2.24) is 5.32 Å². The molecule has 2 aromatic rings. The summed E-state index contributed by atoms with van der Waals surface area (Å²) < 4.78 is 5.20. The van der Waals surface area contributed by atoms with Gasteiger partial charge in [-0.3, -0.25) is 4.79 Å². The Bertz CT molecular complexity index is 549. The van der Waals surface area contributed by atoms with E-state index in [0.29, 0.717) is 0 Å². The van der Waals surface area contributed by atoms with E-state index < -0.39 is 0 Å². The van der Waals surface area contributed by atoms with Crippen LogP contribution < -0.4 is 5.32 Å². The molecular weight excluding hydrogens is 214 g/mol. The van der Waals surface area contributed by atoms with Crippen molar-refractivity contribution in [2.75, 3.05) is 6.54 Å². The standard InChI is InChI=1S/C14H11NO2/c1-2-9-15-14(16)13-12(8-10-17-13)11-6-4-3-5-7-11/h1,3-8,10H,9H2,(H,15,16). The Hall–Kier alpha value is -2.47. The molecule has 0 radical (unpaired) electrons. The molecule has 0 atom stereocenters. The van der Waals surface area contributed by atoms with Crippen molar-refractivity contribution >= 4 is 5.91 Å². The van der Waals surface area contributed by atoms with Gasteiger partial charge in [-0.2, -0.15) is 0 Å². The number of hydrogen-bond donors (Lipinski definition) is 1. The summed E-state index contributed by atoms with van der Waals surface area (Å²) >= 11 is 0. The minimum atomic E-state index is -0.299. The first kappa shape index (κ1) is 11.0. The Labute approximate surface area is 99.5 Å². The van der Waals surface area contributed by atoms with Crippen molar-refractivity contribution in [1.29, 1.82) is 0 Å². The number of carbonyl (C=O) groups is 1. The lowest BCUT2D eigenvalue weighted by Gasteiger charge is -2.02. The van der Waals surface area contributed by atoms with E-state index in [9.17, 15) is 4.79 Å². The van der Waals surface area contributed by atoms with E-state index in [1.807, 2.05) is 30.3 Å². The maximum Gasteiger partial charge on any atom is 0.288 e. The topological polar surface area (TPSA) is 42.2 Å². The summed E-state index contributed by atoms with van der Waals surface area (Å²) in [6.45, 7) is 0.188. The van der Waals surface area contributed by atoms with E-state index in [-0.39, 0.29) is 18.2 Å². The highest BCUT2D eigenvalue weighted by atomic mass is 16.3. The van der Waals surface area contributed by atoms with Gasteiger partial charge in [0.1, 0.15) is 0 Å². The van der Waals surface area contributed by atoms with Gasteiger partial charge in [0.25, 0.3) is 5.91 Å². The molecule has 17 heavy (non-hydrogen) atoms. The molecule has 1 N–H and O–H groups in total. The molecule has 0 aliphatic carbocycles.